The average Bonchev–Trinajstić information content (AvgIpc) is 2.56. The van der Waals surface area contributed by atoms with Crippen LogP contribution in [-0.4, -0.2) is 40.6 Å². The molecule has 0 saturated carbocycles. The van der Waals surface area contributed by atoms with Gasteiger partial charge in [0.15, 0.2) is 0 Å². The number of aliphatic carboxylic acids is 2. The molecule has 4 N–H and O–H groups in total. The van der Waals surface area contributed by atoms with E-state index < -0.39 is 35.8 Å². The maximum absolute atomic E-state index is 13.2. The molecule has 0 radical (unpaired) electrons. The van der Waals surface area contributed by atoms with Gasteiger partial charge in [0.05, 0.1) is 12.0 Å². The molecule has 26 heavy (non-hydrogen) atoms. The number of amides is 1. The summed E-state index contributed by atoms with van der Waals surface area (Å²) < 4.78 is 0. The van der Waals surface area contributed by atoms with Gasteiger partial charge < -0.3 is 15.5 Å². The monoisotopic (exact) mass is 364 g/mol. The Morgan fingerprint density at radius 3 is 1.96 bits per heavy atom. The lowest BCUT2D eigenvalue weighted by molar-refractivity contribution is -0.156. The van der Waals surface area contributed by atoms with Crippen molar-refractivity contribution < 1.29 is 24.6 Å². The molecule has 0 aliphatic rings. The number of hydrogen-bond donors (Lipinski definition) is 4. The Morgan fingerprint density at radius 1 is 1.00 bits per heavy atom. The Bertz CT molecular complexity index is 620. The summed E-state index contributed by atoms with van der Waals surface area (Å²) in [7, 11) is 0. The van der Waals surface area contributed by atoms with Crippen molar-refractivity contribution in [1.29, 1.82) is 0 Å². The molecule has 0 aliphatic heterocycles. The third-order valence-electron chi connectivity index (χ3n) is 4.78. The van der Waals surface area contributed by atoms with Gasteiger partial charge in [-0.25, -0.2) is 0 Å². The predicted octanol–water partition coefficient (Wildman–Crippen LogP) is 1.73. The highest BCUT2D eigenvalue weighted by Gasteiger charge is 2.53. The number of carbonyl (C=O) groups is 3. The molecule has 0 bridgehead atoms. The maximum Gasteiger partial charge on any atom is 0.321 e. The molecule has 0 fully saturated rings. The molecule has 1 aromatic rings. The van der Waals surface area contributed by atoms with E-state index in [0.29, 0.717) is 0 Å². The minimum Gasteiger partial charge on any atom is -0.480 e. The number of carboxylic acid groups (broad SMARTS) is 2. The molecular formula is C19H28N2O5. The maximum atomic E-state index is 13.2. The van der Waals surface area contributed by atoms with Gasteiger partial charge in [-0.15, -0.1) is 0 Å². The fraction of sp³-hybridized carbons (Fsp3) is 0.526. The molecule has 1 rings (SSSR count). The van der Waals surface area contributed by atoms with Crippen LogP contribution in [-0.2, 0) is 20.9 Å². The van der Waals surface area contributed by atoms with E-state index in [-0.39, 0.29) is 18.4 Å². The first-order valence-corrected chi connectivity index (χ1v) is 8.64. The lowest BCUT2D eigenvalue weighted by atomic mass is 9.63. The topological polar surface area (TPSA) is 116 Å². The molecule has 0 heterocycles. The van der Waals surface area contributed by atoms with Crippen LogP contribution in [0.25, 0.3) is 0 Å². The van der Waals surface area contributed by atoms with Gasteiger partial charge in [-0.2, -0.15) is 0 Å². The number of benzene rings is 1. The van der Waals surface area contributed by atoms with Crippen LogP contribution in [0.5, 0.6) is 0 Å². The summed E-state index contributed by atoms with van der Waals surface area (Å²) in [6.07, 6.45) is 0. The van der Waals surface area contributed by atoms with E-state index in [9.17, 15) is 19.5 Å². The van der Waals surface area contributed by atoms with E-state index in [1.54, 1.807) is 27.7 Å². The summed E-state index contributed by atoms with van der Waals surface area (Å²) in [5, 5.41) is 24.0. The number of rotatable bonds is 10. The van der Waals surface area contributed by atoms with Crippen molar-refractivity contribution in [2.45, 2.75) is 40.3 Å². The second-order valence-electron chi connectivity index (χ2n) is 6.96. The number of carbonyl (C=O) groups excluding carboxylic acids is 1. The van der Waals surface area contributed by atoms with Gasteiger partial charge in [-0.1, -0.05) is 58.0 Å². The Balaban J connectivity index is 3.19. The molecule has 1 unspecified atom stereocenters. The molecule has 0 saturated heterocycles. The average molecular weight is 364 g/mol. The largest absolute Gasteiger partial charge is 0.480 e. The number of carboxylic acids is 2. The van der Waals surface area contributed by atoms with Crippen LogP contribution in [0, 0.1) is 17.3 Å². The first-order valence-electron chi connectivity index (χ1n) is 8.64. The Labute approximate surface area is 153 Å². The summed E-state index contributed by atoms with van der Waals surface area (Å²) in [5.74, 6) is -3.50. The van der Waals surface area contributed by atoms with Crippen molar-refractivity contribution in [2.24, 2.45) is 17.3 Å². The van der Waals surface area contributed by atoms with Crippen LogP contribution >= 0.6 is 0 Å². The normalized spacial score (nSPS) is 12.8. The zero-order valence-corrected chi connectivity index (χ0v) is 15.7. The molecule has 1 atom stereocenters. The molecular weight excluding hydrogens is 336 g/mol. The van der Waals surface area contributed by atoms with Crippen molar-refractivity contribution in [3.05, 3.63) is 35.9 Å². The molecule has 7 nitrogen and oxygen atoms in total. The predicted molar refractivity (Wildman–Crippen MR) is 97.5 cm³/mol. The number of hydrogen-bond acceptors (Lipinski definition) is 4. The van der Waals surface area contributed by atoms with E-state index in [4.69, 9.17) is 5.11 Å². The summed E-state index contributed by atoms with van der Waals surface area (Å²) in [6, 6.07) is 7.99. The first-order chi connectivity index (χ1) is 12.1. The molecule has 7 heteroatoms. The van der Waals surface area contributed by atoms with E-state index in [0.717, 1.165) is 5.56 Å². The van der Waals surface area contributed by atoms with Gasteiger partial charge in [0.2, 0.25) is 5.91 Å². The second-order valence-corrected chi connectivity index (χ2v) is 6.96. The van der Waals surface area contributed by atoms with Crippen molar-refractivity contribution >= 4 is 17.8 Å². The zero-order valence-electron chi connectivity index (χ0n) is 15.7. The molecule has 0 spiro atoms. The third kappa shape index (κ3) is 4.82. The SMILES string of the molecule is CC(C)C(C(=O)NCc1ccccc1)(C(C)C)C(NCC(=O)O)C(=O)O. The fourth-order valence-corrected chi connectivity index (χ4v) is 3.57. The van der Waals surface area contributed by atoms with Crippen LogP contribution in [0.4, 0.5) is 0 Å². The Hall–Kier alpha value is -2.41. The standard InChI is InChI=1S/C19H28N2O5/c1-12(2)19(13(3)4,16(17(24)25)20-11-15(22)23)18(26)21-10-14-8-6-5-7-9-14/h5-9,12-13,16,20H,10-11H2,1-4H3,(H,21,26)(H,22,23)(H,24,25). The quantitative estimate of drug-likeness (QED) is 0.502. The highest BCUT2D eigenvalue weighted by molar-refractivity contribution is 5.91. The lowest BCUT2D eigenvalue weighted by Crippen LogP contribution is -2.63. The van der Waals surface area contributed by atoms with Gasteiger partial charge in [-0.3, -0.25) is 19.7 Å². The molecule has 1 aromatic carbocycles. The van der Waals surface area contributed by atoms with Crippen molar-refractivity contribution in [3.63, 3.8) is 0 Å². The fourth-order valence-electron chi connectivity index (χ4n) is 3.57. The number of nitrogens with one attached hydrogen (secondary N) is 2. The van der Waals surface area contributed by atoms with Crippen molar-refractivity contribution in [2.75, 3.05) is 6.54 Å². The first kappa shape index (κ1) is 21.6. The van der Waals surface area contributed by atoms with Crippen LogP contribution in [0.1, 0.15) is 33.3 Å². The Morgan fingerprint density at radius 2 is 1.54 bits per heavy atom. The zero-order chi connectivity index (χ0) is 19.9. The van der Waals surface area contributed by atoms with Gasteiger partial charge in [0.25, 0.3) is 0 Å². The molecule has 144 valence electrons. The van der Waals surface area contributed by atoms with Crippen LogP contribution in [0.2, 0.25) is 0 Å². The van der Waals surface area contributed by atoms with E-state index >= 15 is 0 Å². The summed E-state index contributed by atoms with van der Waals surface area (Å²) in [4.78, 5) is 36.0. The highest BCUT2D eigenvalue weighted by Crippen LogP contribution is 2.40. The van der Waals surface area contributed by atoms with Crippen molar-refractivity contribution in [3.8, 4) is 0 Å². The Kier molecular flexibility index (Phi) is 7.76. The lowest BCUT2D eigenvalue weighted by Gasteiger charge is -2.44. The van der Waals surface area contributed by atoms with E-state index in [2.05, 4.69) is 10.6 Å². The molecule has 0 aromatic heterocycles. The summed E-state index contributed by atoms with van der Waals surface area (Å²) >= 11 is 0. The minimum atomic E-state index is -1.32. The third-order valence-corrected chi connectivity index (χ3v) is 4.78. The smallest absolute Gasteiger partial charge is 0.321 e. The second kappa shape index (κ2) is 9.33. The minimum absolute atomic E-state index is 0.270. The molecule has 1 amide bonds. The summed E-state index contributed by atoms with van der Waals surface area (Å²) in [6.45, 7) is 6.85. The van der Waals surface area contributed by atoms with Gasteiger partial charge >= 0.3 is 11.9 Å². The van der Waals surface area contributed by atoms with Gasteiger partial charge in [-0.05, 0) is 17.4 Å². The van der Waals surface area contributed by atoms with Crippen LogP contribution in [0.15, 0.2) is 30.3 Å². The van der Waals surface area contributed by atoms with E-state index in [1.807, 2.05) is 30.3 Å². The molecule has 0 aliphatic carbocycles. The van der Waals surface area contributed by atoms with Gasteiger partial charge in [0.1, 0.15) is 6.04 Å². The highest BCUT2D eigenvalue weighted by atomic mass is 16.4. The summed E-state index contributed by atoms with van der Waals surface area (Å²) in [5.41, 5.74) is -0.414. The van der Waals surface area contributed by atoms with Crippen LogP contribution in [0.3, 0.4) is 0 Å². The van der Waals surface area contributed by atoms with E-state index in [1.165, 1.54) is 0 Å². The van der Waals surface area contributed by atoms with Gasteiger partial charge in [0, 0.05) is 6.54 Å². The van der Waals surface area contributed by atoms with Crippen molar-refractivity contribution in [1.82, 2.24) is 10.6 Å². The van der Waals surface area contributed by atoms with Crippen LogP contribution < -0.4 is 10.6 Å².